The van der Waals surface area contributed by atoms with Crippen LogP contribution in [-0.2, 0) is 27.4 Å². The number of rotatable bonds is 10. The van der Waals surface area contributed by atoms with Crippen molar-refractivity contribution in [2.45, 2.75) is 88.7 Å². The van der Waals surface area contributed by atoms with Gasteiger partial charge in [-0.1, -0.05) is 59.6 Å². The standard InChI is InChI=1S/C22H23ClN4O4.C21H21ClN4O4.Na/c1-31-19(29)12-27-20-13(10-17(21(27)30)16-4-2-3-5-18(16)23)11-24-22(26-20)25-14-6-8-15(28)9-7-14;22-17-4-2-1-3-15(17)16-9-12-10-23-21(24-13-5-7-14(27)8-6-13)25-19(12)26(20(16)30)11-18(28)29;/h2-5,10-11,14-15,28H,6-9,12H2,1H3,(H,24,25,26);1-4,9-10,13-14,27H,5-8,11H2,(H,28,29)(H,23,24,25);/q;;+1/p-1. The fourth-order valence-electron chi connectivity index (χ4n) is 7.62. The molecule has 4 aromatic heterocycles. The molecule has 4 N–H and O–H groups in total. The zero-order valence-electron chi connectivity index (χ0n) is 34.1. The van der Waals surface area contributed by atoms with Crippen LogP contribution in [0.5, 0.6) is 0 Å². The number of pyridine rings is 2. The van der Waals surface area contributed by atoms with Gasteiger partial charge in [0.1, 0.15) is 17.8 Å². The molecule has 16 nitrogen and oxygen atoms in total. The number of anilines is 2. The van der Waals surface area contributed by atoms with Crippen molar-refractivity contribution in [2.24, 2.45) is 0 Å². The zero-order valence-corrected chi connectivity index (χ0v) is 37.6. The van der Waals surface area contributed by atoms with E-state index in [-0.39, 0.29) is 71.6 Å². The molecule has 6 aromatic rings. The largest absolute Gasteiger partial charge is 1.00 e. The number of aromatic nitrogens is 6. The van der Waals surface area contributed by atoms with E-state index >= 15 is 0 Å². The Bertz CT molecular complexity index is 2700. The van der Waals surface area contributed by atoms with Crippen LogP contribution in [0.15, 0.2) is 82.6 Å². The van der Waals surface area contributed by atoms with Gasteiger partial charge in [-0.25, -0.2) is 9.97 Å². The minimum absolute atomic E-state index is 0. The van der Waals surface area contributed by atoms with Crippen LogP contribution in [0.4, 0.5) is 11.9 Å². The number of aliphatic carboxylic acids is 1. The predicted octanol–water partition coefficient (Wildman–Crippen LogP) is 1.58. The number of carbonyl (C=O) groups excluding carboxylic acids is 2. The van der Waals surface area contributed by atoms with E-state index in [1.807, 2.05) is 0 Å². The van der Waals surface area contributed by atoms with Gasteiger partial charge in [-0.05, 0) is 75.6 Å². The summed E-state index contributed by atoms with van der Waals surface area (Å²) in [6.45, 7) is -0.921. The Balaban J connectivity index is 0.000000204. The molecule has 318 valence electrons. The Kier molecular flexibility index (Phi) is 15.7. The number of carboxylic acid groups (broad SMARTS) is 1. The number of halogens is 2. The summed E-state index contributed by atoms with van der Waals surface area (Å²) in [7, 11) is 1.27. The molecule has 2 fully saturated rings. The Morgan fingerprint density at radius 2 is 1.10 bits per heavy atom. The summed E-state index contributed by atoms with van der Waals surface area (Å²) >= 11 is 12.6. The molecule has 0 radical (unpaired) electrons. The van der Waals surface area contributed by atoms with Crippen LogP contribution >= 0.6 is 23.2 Å². The second-order valence-corrected chi connectivity index (χ2v) is 15.9. The van der Waals surface area contributed by atoms with Crippen LogP contribution in [0.1, 0.15) is 51.4 Å². The molecule has 2 aromatic carbocycles. The van der Waals surface area contributed by atoms with E-state index in [0.29, 0.717) is 67.9 Å². The maximum absolute atomic E-state index is 13.3. The van der Waals surface area contributed by atoms with Crippen molar-refractivity contribution in [2.75, 3.05) is 17.7 Å². The minimum atomic E-state index is -1.40. The number of aliphatic hydroxyl groups is 2. The molecule has 62 heavy (non-hydrogen) atoms. The van der Waals surface area contributed by atoms with Crippen LogP contribution in [0, 0.1) is 0 Å². The minimum Gasteiger partial charge on any atom is -0.548 e. The fourth-order valence-corrected chi connectivity index (χ4v) is 8.10. The summed E-state index contributed by atoms with van der Waals surface area (Å²) in [4.78, 5) is 67.5. The third-order valence-electron chi connectivity index (χ3n) is 10.8. The van der Waals surface area contributed by atoms with Crippen molar-refractivity contribution in [1.29, 1.82) is 0 Å². The SMILES string of the molecule is COC(=O)Cn1c(=O)c(-c2ccccc2Cl)cc2cnc(NC3CCC(O)CC3)nc21.O=C([O-])Cn1c(=O)c(-c2ccccc2Cl)cc2cnc(NC3CCC(O)CC3)nc21.[Na+]. The van der Waals surface area contributed by atoms with E-state index in [1.165, 1.54) is 11.7 Å². The van der Waals surface area contributed by atoms with Gasteiger partial charge in [0.15, 0.2) is 0 Å². The third kappa shape index (κ3) is 11.0. The molecule has 0 aliphatic heterocycles. The Hall–Kier alpha value is -4.94. The number of hydrogen-bond donors (Lipinski definition) is 4. The summed E-state index contributed by atoms with van der Waals surface area (Å²) in [5.41, 5.74) is 1.31. The maximum Gasteiger partial charge on any atom is 1.00 e. The molecule has 0 bridgehead atoms. The number of esters is 1. The molecular formula is C43H43Cl2N8NaO8. The number of ether oxygens (including phenoxy) is 1. The van der Waals surface area contributed by atoms with Gasteiger partial charge in [0, 0.05) is 67.5 Å². The molecule has 2 saturated carbocycles. The average molecular weight is 894 g/mol. The molecule has 8 rings (SSSR count). The van der Waals surface area contributed by atoms with Crippen molar-refractivity contribution in [3.8, 4) is 22.3 Å². The first-order valence-electron chi connectivity index (χ1n) is 19.8. The molecular weight excluding hydrogens is 850 g/mol. The van der Waals surface area contributed by atoms with E-state index in [0.717, 1.165) is 43.1 Å². The van der Waals surface area contributed by atoms with E-state index < -0.39 is 29.6 Å². The van der Waals surface area contributed by atoms with Gasteiger partial charge >= 0.3 is 35.5 Å². The number of fused-ring (bicyclic) bond motifs is 2. The maximum atomic E-state index is 13.3. The van der Waals surface area contributed by atoms with Crippen LogP contribution in [0.3, 0.4) is 0 Å². The van der Waals surface area contributed by atoms with Crippen LogP contribution < -0.4 is 56.4 Å². The molecule has 2 aliphatic carbocycles. The van der Waals surface area contributed by atoms with E-state index in [4.69, 9.17) is 27.9 Å². The van der Waals surface area contributed by atoms with Gasteiger partial charge in [0.25, 0.3) is 11.1 Å². The van der Waals surface area contributed by atoms with E-state index in [9.17, 15) is 34.5 Å². The van der Waals surface area contributed by atoms with Crippen LogP contribution in [-0.4, -0.2) is 82.6 Å². The number of nitrogens with one attached hydrogen (secondary N) is 2. The molecule has 0 spiro atoms. The summed E-state index contributed by atoms with van der Waals surface area (Å²) in [5, 5.41) is 39.1. The number of aliphatic hydroxyl groups excluding tert-OH is 2. The van der Waals surface area contributed by atoms with Gasteiger partial charge in [-0.15, -0.1) is 0 Å². The van der Waals surface area contributed by atoms with Gasteiger partial charge in [-0.3, -0.25) is 23.5 Å². The summed E-state index contributed by atoms with van der Waals surface area (Å²) in [5.74, 6) is -1.28. The number of carbonyl (C=O) groups is 2. The van der Waals surface area contributed by atoms with E-state index in [1.54, 1.807) is 73.1 Å². The second-order valence-electron chi connectivity index (χ2n) is 15.1. The quantitative estimate of drug-likeness (QED) is 0.113. The smallest absolute Gasteiger partial charge is 0.548 e. The van der Waals surface area contributed by atoms with Crippen LogP contribution in [0.25, 0.3) is 44.3 Å². The van der Waals surface area contributed by atoms with E-state index in [2.05, 4.69) is 30.6 Å². The van der Waals surface area contributed by atoms with Gasteiger partial charge in [0.05, 0.1) is 31.8 Å². The Labute approximate surface area is 387 Å². The zero-order chi connectivity index (χ0) is 43.2. The Morgan fingerprint density at radius 3 is 1.48 bits per heavy atom. The molecule has 0 saturated heterocycles. The topological polar surface area (TPSA) is 227 Å². The third-order valence-corrected chi connectivity index (χ3v) is 11.5. The van der Waals surface area contributed by atoms with Crippen molar-refractivity contribution in [3.63, 3.8) is 0 Å². The van der Waals surface area contributed by atoms with Crippen molar-refractivity contribution < 1.29 is 59.2 Å². The number of nitrogens with zero attached hydrogens (tertiary/aromatic N) is 6. The monoisotopic (exact) mass is 892 g/mol. The average Bonchev–Trinajstić information content (AvgIpc) is 3.25. The molecule has 4 heterocycles. The second kappa shape index (κ2) is 21.0. The first-order chi connectivity index (χ1) is 29.4. The van der Waals surface area contributed by atoms with Gasteiger partial charge < -0.3 is 35.5 Å². The van der Waals surface area contributed by atoms with Gasteiger partial charge in [-0.2, -0.15) is 9.97 Å². The van der Waals surface area contributed by atoms with Gasteiger partial charge in [0.2, 0.25) is 11.9 Å². The normalized spacial score (nSPS) is 18.5. The number of benzene rings is 2. The molecule has 0 amide bonds. The fraction of sp³-hybridized carbons (Fsp3) is 0.349. The summed E-state index contributed by atoms with van der Waals surface area (Å²) in [6.07, 6.45) is 8.64. The first-order valence-corrected chi connectivity index (χ1v) is 20.6. The molecule has 0 unspecified atom stereocenters. The molecule has 2 aliphatic rings. The van der Waals surface area contributed by atoms with Crippen molar-refractivity contribution in [1.82, 2.24) is 29.1 Å². The number of methoxy groups -OCH3 is 1. The number of carboxylic acids is 1. The summed E-state index contributed by atoms with van der Waals surface area (Å²) < 4.78 is 7.14. The van der Waals surface area contributed by atoms with Crippen LogP contribution in [0.2, 0.25) is 10.0 Å². The first kappa shape index (κ1) is 46.6. The molecule has 0 atom stereocenters. The number of hydrogen-bond acceptors (Lipinski definition) is 14. The predicted molar refractivity (Wildman–Crippen MR) is 229 cm³/mol. The summed E-state index contributed by atoms with van der Waals surface area (Å²) in [6, 6.07) is 17.4. The Morgan fingerprint density at radius 1 is 0.694 bits per heavy atom. The molecule has 19 heteroatoms. The van der Waals surface area contributed by atoms with Crippen molar-refractivity contribution >= 4 is 69.1 Å². The van der Waals surface area contributed by atoms with Crippen molar-refractivity contribution in [3.05, 3.63) is 104 Å².